The molecule has 2 atom stereocenters. The van der Waals surface area contributed by atoms with E-state index in [2.05, 4.69) is 10.4 Å². The Morgan fingerprint density at radius 2 is 1.81 bits per heavy atom. The summed E-state index contributed by atoms with van der Waals surface area (Å²) in [7, 11) is 2.84. The molecule has 1 fully saturated rings. The number of anilines is 1. The van der Waals surface area contributed by atoms with Crippen LogP contribution in [0, 0.1) is 5.82 Å². The summed E-state index contributed by atoms with van der Waals surface area (Å²) in [5.74, 6) is -1.70. The molecule has 0 amide bonds. The Balaban J connectivity index is 1.79. The highest BCUT2D eigenvalue weighted by atomic mass is 19.4. The Kier molecular flexibility index (Phi) is 6.86. The van der Waals surface area contributed by atoms with Crippen molar-refractivity contribution in [3.8, 4) is 0 Å². The molecule has 1 saturated heterocycles. The second-order valence-corrected chi connectivity index (χ2v) is 9.44. The molecular weight excluding hydrogens is 504 g/mol. The largest absolute Gasteiger partial charge is 0.413 e. The molecule has 1 N–H and O–H groups in total. The van der Waals surface area contributed by atoms with Crippen LogP contribution in [0.25, 0.3) is 10.8 Å². The quantitative estimate of drug-likeness (QED) is 0.490. The van der Waals surface area contributed by atoms with Gasteiger partial charge >= 0.3 is 6.18 Å². The summed E-state index contributed by atoms with van der Waals surface area (Å²) in [6.07, 6.45) is -7.11. The average molecular weight is 529 g/mol. The summed E-state index contributed by atoms with van der Waals surface area (Å²) in [5.41, 5.74) is -4.87. The van der Waals surface area contributed by atoms with E-state index in [9.17, 15) is 35.9 Å². The Morgan fingerprint density at radius 3 is 2.41 bits per heavy atom. The normalized spacial score (nSPS) is 19.6. The fourth-order valence-electron chi connectivity index (χ4n) is 4.81. The smallest absolute Gasteiger partial charge is 0.367 e. The van der Waals surface area contributed by atoms with Gasteiger partial charge in [-0.25, -0.2) is 17.9 Å². The number of pyridine rings is 1. The number of aryl methyl sites for hydroxylation is 1. The Bertz CT molecular complexity index is 1450. The van der Waals surface area contributed by atoms with Crippen LogP contribution in [0.3, 0.4) is 0 Å². The molecule has 0 aliphatic carbocycles. The SMILES string of the molecule is C[C@@H](CNc1nn(C)c(=O)c2cc(=O)n([C@]3(C(F)(F)F)CCN(C)C3)cc12)c1cccc(C(F)F)c1F. The van der Waals surface area contributed by atoms with E-state index in [0.717, 1.165) is 23.0 Å². The number of fused-ring (bicyclic) bond motifs is 1. The van der Waals surface area contributed by atoms with Crippen LogP contribution in [-0.2, 0) is 12.6 Å². The van der Waals surface area contributed by atoms with Gasteiger partial charge in [0, 0.05) is 50.2 Å². The molecule has 13 heteroatoms. The van der Waals surface area contributed by atoms with Crippen molar-refractivity contribution in [1.82, 2.24) is 19.2 Å². The average Bonchev–Trinajstić information content (AvgIpc) is 3.23. The van der Waals surface area contributed by atoms with Crippen LogP contribution in [-0.4, -0.2) is 52.1 Å². The minimum atomic E-state index is -4.75. The lowest BCUT2D eigenvalue weighted by atomic mass is 9.96. The van der Waals surface area contributed by atoms with Crippen molar-refractivity contribution < 1.29 is 26.3 Å². The zero-order valence-corrected chi connectivity index (χ0v) is 20.2. The molecule has 37 heavy (non-hydrogen) atoms. The molecule has 4 rings (SSSR count). The summed E-state index contributed by atoms with van der Waals surface area (Å²) in [4.78, 5) is 27.0. The molecule has 1 aliphatic heterocycles. The van der Waals surface area contributed by atoms with Crippen molar-refractivity contribution in [3.05, 3.63) is 68.1 Å². The van der Waals surface area contributed by atoms with Gasteiger partial charge in [0.05, 0.1) is 10.9 Å². The van der Waals surface area contributed by atoms with Gasteiger partial charge in [0.1, 0.15) is 5.82 Å². The molecule has 7 nitrogen and oxygen atoms in total. The molecule has 3 heterocycles. The van der Waals surface area contributed by atoms with Crippen LogP contribution >= 0.6 is 0 Å². The van der Waals surface area contributed by atoms with E-state index in [1.54, 1.807) is 6.92 Å². The minimum Gasteiger partial charge on any atom is -0.367 e. The van der Waals surface area contributed by atoms with Gasteiger partial charge in [0.2, 0.25) is 0 Å². The van der Waals surface area contributed by atoms with Gasteiger partial charge in [-0.1, -0.05) is 25.1 Å². The van der Waals surface area contributed by atoms with Crippen molar-refractivity contribution in [3.63, 3.8) is 0 Å². The van der Waals surface area contributed by atoms with Gasteiger partial charge in [-0.3, -0.25) is 14.2 Å². The van der Waals surface area contributed by atoms with Crippen LogP contribution in [0.4, 0.5) is 32.2 Å². The van der Waals surface area contributed by atoms with Crippen LogP contribution < -0.4 is 16.4 Å². The maximum absolute atomic E-state index is 14.6. The molecule has 0 spiro atoms. The van der Waals surface area contributed by atoms with E-state index >= 15 is 0 Å². The van der Waals surface area contributed by atoms with Gasteiger partial charge in [-0.05, 0) is 19.0 Å². The molecule has 0 saturated carbocycles. The fourth-order valence-corrected chi connectivity index (χ4v) is 4.81. The number of nitrogens with one attached hydrogen (secondary N) is 1. The Morgan fingerprint density at radius 1 is 1.14 bits per heavy atom. The van der Waals surface area contributed by atoms with E-state index in [0.29, 0.717) is 4.57 Å². The van der Waals surface area contributed by atoms with Crippen LogP contribution in [0.1, 0.15) is 36.8 Å². The number of benzene rings is 1. The third-order valence-electron chi connectivity index (χ3n) is 6.91. The van der Waals surface area contributed by atoms with Crippen LogP contribution in [0.15, 0.2) is 40.1 Å². The van der Waals surface area contributed by atoms with Crippen molar-refractivity contribution in [2.24, 2.45) is 7.05 Å². The predicted octanol–water partition coefficient (Wildman–Crippen LogP) is 3.98. The number of aromatic nitrogens is 3. The predicted molar refractivity (Wildman–Crippen MR) is 126 cm³/mol. The van der Waals surface area contributed by atoms with Crippen molar-refractivity contribution in [2.75, 3.05) is 32.0 Å². The topological polar surface area (TPSA) is 72.2 Å². The molecule has 200 valence electrons. The number of nitrogens with zero attached hydrogens (tertiary/aromatic N) is 4. The lowest BCUT2D eigenvalue weighted by Gasteiger charge is -2.34. The second kappa shape index (κ2) is 9.51. The molecule has 1 aliphatic rings. The number of hydrogen-bond donors (Lipinski definition) is 1. The van der Waals surface area contributed by atoms with E-state index in [-0.39, 0.29) is 41.7 Å². The fraction of sp³-hybridized carbons (Fsp3) is 0.458. The lowest BCUT2D eigenvalue weighted by molar-refractivity contribution is -0.211. The third-order valence-corrected chi connectivity index (χ3v) is 6.91. The highest BCUT2D eigenvalue weighted by Crippen LogP contribution is 2.43. The van der Waals surface area contributed by atoms with Crippen molar-refractivity contribution >= 4 is 16.6 Å². The lowest BCUT2D eigenvalue weighted by Crippen LogP contribution is -2.53. The molecule has 0 radical (unpaired) electrons. The number of rotatable bonds is 6. The second-order valence-electron chi connectivity index (χ2n) is 9.44. The molecule has 1 aromatic carbocycles. The molecule has 0 bridgehead atoms. The van der Waals surface area contributed by atoms with E-state index in [1.807, 2.05) is 0 Å². The highest BCUT2D eigenvalue weighted by Gasteiger charge is 2.59. The van der Waals surface area contributed by atoms with Gasteiger partial charge in [0.25, 0.3) is 17.5 Å². The summed E-state index contributed by atoms with van der Waals surface area (Å²) >= 11 is 0. The van der Waals surface area contributed by atoms with Crippen LogP contribution in [0.2, 0.25) is 0 Å². The first-order valence-corrected chi connectivity index (χ1v) is 11.5. The van der Waals surface area contributed by atoms with Gasteiger partial charge < -0.3 is 10.2 Å². The number of likely N-dealkylation sites (N-methyl/N-ethyl adjacent to an activating group) is 1. The van der Waals surface area contributed by atoms with E-state index in [4.69, 9.17) is 0 Å². The van der Waals surface area contributed by atoms with E-state index in [1.165, 1.54) is 31.1 Å². The molecule has 2 aromatic heterocycles. The first-order chi connectivity index (χ1) is 17.3. The van der Waals surface area contributed by atoms with E-state index < -0.39 is 53.1 Å². The Labute approximate surface area is 207 Å². The molecule has 3 aromatic rings. The monoisotopic (exact) mass is 529 g/mol. The third kappa shape index (κ3) is 4.60. The maximum atomic E-state index is 14.6. The standard InChI is InChI=1S/C24H25F6N5O2/c1-13(14-5-4-6-15(19(14)25)20(26)27)10-31-21-17-11-35(18(36)9-16(17)22(37)34(3)32-21)23(24(28,29)30)7-8-33(2)12-23/h4-6,9,11,13,20H,7-8,10,12H2,1-3H3,(H,31,32)/t13-,23+/m0/s1. The highest BCUT2D eigenvalue weighted by molar-refractivity contribution is 5.90. The number of halogens is 6. The summed E-state index contributed by atoms with van der Waals surface area (Å²) < 4.78 is 85.3. The number of alkyl halides is 5. The van der Waals surface area contributed by atoms with Crippen LogP contribution in [0.5, 0.6) is 0 Å². The first-order valence-electron chi connectivity index (χ1n) is 11.5. The molecular formula is C24H25F6N5O2. The summed E-state index contributed by atoms with van der Waals surface area (Å²) in [6, 6.07) is 4.53. The van der Waals surface area contributed by atoms with Crippen molar-refractivity contribution in [1.29, 1.82) is 0 Å². The summed E-state index contributed by atoms with van der Waals surface area (Å²) in [6.45, 7) is 1.20. The zero-order valence-electron chi connectivity index (χ0n) is 20.2. The number of hydrogen-bond acceptors (Lipinski definition) is 5. The van der Waals surface area contributed by atoms with Crippen molar-refractivity contribution in [2.45, 2.75) is 37.4 Å². The van der Waals surface area contributed by atoms with Gasteiger partial charge in [0.15, 0.2) is 11.4 Å². The maximum Gasteiger partial charge on any atom is 0.413 e. The molecule has 0 unspecified atom stereocenters. The summed E-state index contributed by atoms with van der Waals surface area (Å²) in [5, 5.41) is 6.85. The minimum absolute atomic E-state index is 0.00759. The first kappa shape index (κ1) is 26.7. The zero-order chi connectivity index (χ0) is 27.3. The van der Waals surface area contributed by atoms with Gasteiger partial charge in [-0.15, -0.1) is 0 Å². The van der Waals surface area contributed by atoms with Gasteiger partial charge in [-0.2, -0.15) is 18.3 Å². The number of likely N-dealkylation sites (tertiary alicyclic amines) is 1. The Hall–Kier alpha value is -3.35.